The first kappa shape index (κ1) is 48.4. The molecule has 5 heterocycles. The van der Waals surface area contributed by atoms with Gasteiger partial charge in [0.2, 0.25) is 11.6 Å². The number of fused-ring (bicyclic) bond motifs is 6. The molecule has 1 fully saturated rings. The number of aliphatic carboxylic acids is 7. The molecule has 18 heteroatoms. The summed E-state index contributed by atoms with van der Waals surface area (Å²) in [6.45, 7) is 13.7. The first-order chi connectivity index (χ1) is 29.0. The fraction of sp³-hybridized carbons (Fsp3) is 0.644. The largest absolute Gasteiger partial charge is 0.550 e. The summed E-state index contributed by atoms with van der Waals surface area (Å²) in [6.07, 6.45) is -2.67. The van der Waals surface area contributed by atoms with Gasteiger partial charge < -0.3 is 74.6 Å². The zero-order chi connectivity index (χ0) is 47.4. The molecule has 0 saturated carbocycles. The zero-order valence-electron chi connectivity index (χ0n) is 37.0. The van der Waals surface area contributed by atoms with Crippen LogP contribution in [0.5, 0.6) is 0 Å². The number of rotatable bonds is 18. The molecule has 0 spiro atoms. The average molecular weight is 877 g/mol. The maximum Gasteiger partial charge on any atom is 0.225 e. The molecule has 344 valence electrons. The molecule has 63 heavy (non-hydrogen) atoms. The first-order valence-electron chi connectivity index (χ1n) is 21.3. The van der Waals surface area contributed by atoms with E-state index in [0.29, 0.717) is 39.7 Å². The number of allylic oxidation sites excluding steroid dienone is 6. The SMILES string of the molecule is CC1=C2N/C(=C\C3=[NH+]C(=C(/C)C4=[NH+][C@H]([C@H](CC(=O)[O-])[C@@]4(C)CCC(=O)[O-])[C@]4(C)[NH+]=C1[C@@H](CCC(=O)[O-])[C@]4(C)CC(=O)[O-])/[C@@H](CCC(=O)[O-])C3(C)C)[C@@H](CCC(=O)[O-])[C@]2(C)CC(=O)[O-]. The fourth-order valence-corrected chi connectivity index (χ4v) is 12.1. The van der Waals surface area contributed by atoms with Gasteiger partial charge >= 0.3 is 0 Å². The highest BCUT2D eigenvalue weighted by Crippen LogP contribution is 2.55. The van der Waals surface area contributed by atoms with E-state index in [0.717, 1.165) is 0 Å². The van der Waals surface area contributed by atoms with Gasteiger partial charge in [-0.15, -0.1) is 0 Å². The summed E-state index contributed by atoms with van der Waals surface area (Å²) in [6, 6.07) is -1.09. The number of carboxylic acid groups (broad SMARTS) is 7. The summed E-state index contributed by atoms with van der Waals surface area (Å²) < 4.78 is 0. The molecule has 0 aromatic carbocycles. The molecule has 5 aliphatic heterocycles. The topological polar surface area (TPSA) is 335 Å². The Morgan fingerprint density at radius 3 is 1.67 bits per heavy atom. The number of carbonyl (C=O) groups is 7. The second-order valence-electron chi connectivity index (χ2n) is 19.6. The fourth-order valence-electron chi connectivity index (χ4n) is 12.1. The third kappa shape index (κ3) is 8.56. The summed E-state index contributed by atoms with van der Waals surface area (Å²) >= 11 is 0. The Kier molecular flexibility index (Phi) is 13.1. The second kappa shape index (κ2) is 17.1. The molecule has 9 atom stereocenters. The van der Waals surface area contributed by atoms with E-state index >= 15 is 0 Å². The van der Waals surface area contributed by atoms with Crippen LogP contribution < -0.4 is 56.0 Å². The number of hydrogen-bond acceptors (Lipinski definition) is 15. The Labute approximate surface area is 365 Å². The first-order valence-corrected chi connectivity index (χ1v) is 21.3. The quantitative estimate of drug-likeness (QED) is 0.0994. The molecule has 0 aliphatic carbocycles. The van der Waals surface area contributed by atoms with Crippen LogP contribution >= 0.6 is 0 Å². The maximum absolute atomic E-state index is 12.9. The van der Waals surface area contributed by atoms with Gasteiger partial charge in [-0.3, -0.25) is 0 Å². The highest BCUT2D eigenvalue weighted by molar-refractivity contribution is 6.04. The van der Waals surface area contributed by atoms with Crippen molar-refractivity contribution < 1.29 is 84.3 Å². The monoisotopic (exact) mass is 876 g/mol. The second-order valence-corrected chi connectivity index (χ2v) is 19.6. The Bertz CT molecular complexity index is 2220. The maximum atomic E-state index is 12.9. The summed E-state index contributed by atoms with van der Waals surface area (Å²) in [5.74, 6) is -13.6. The van der Waals surface area contributed by atoms with E-state index in [1.165, 1.54) is 0 Å². The average Bonchev–Trinajstić information content (AvgIpc) is 3.75. The Morgan fingerprint density at radius 2 is 1.16 bits per heavy atom. The van der Waals surface area contributed by atoms with Crippen molar-refractivity contribution in [2.45, 2.75) is 138 Å². The van der Waals surface area contributed by atoms with Crippen molar-refractivity contribution in [3.8, 4) is 0 Å². The summed E-state index contributed by atoms with van der Waals surface area (Å²) in [4.78, 5) is 97.4. The van der Waals surface area contributed by atoms with E-state index < -0.39 is 137 Å². The summed E-state index contributed by atoms with van der Waals surface area (Å²) in [5.41, 5.74) is -3.63. The van der Waals surface area contributed by atoms with Crippen molar-refractivity contribution >= 4 is 58.9 Å². The normalized spacial score (nSPS) is 35.0. The molecule has 5 aliphatic rings. The minimum Gasteiger partial charge on any atom is -0.550 e. The molecule has 5 rings (SSSR count). The van der Waals surface area contributed by atoms with Crippen LogP contribution in [0.2, 0.25) is 0 Å². The van der Waals surface area contributed by atoms with Gasteiger partial charge in [-0.2, -0.15) is 0 Å². The molecule has 4 N–H and O–H groups in total. The lowest BCUT2D eigenvalue weighted by Gasteiger charge is -2.42. The van der Waals surface area contributed by atoms with E-state index in [1.807, 2.05) is 13.8 Å². The molecule has 0 aromatic rings. The zero-order valence-corrected chi connectivity index (χ0v) is 37.0. The molecular formula is C45H56N4O14-4. The molecule has 1 saturated heterocycles. The minimum atomic E-state index is -1.57. The third-order valence-corrected chi connectivity index (χ3v) is 15.6. The van der Waals surface area contributed by atoms with E-state index in [9.17, 15) is 69.3 Å². The Morgan fingerprint density at radius 1 is 0.635 bits per heavy atom. The molecule has 18 nitrogen and oxygen atoms in total. The molecular weight excluding hydrogens is 821 g/mol. The molecule has 0 amide bonds. The number of hydrogen-bond donors (Lipinski definition) is 4. The van der Waals surface area contributed by atoms with Crippen LogP contribution in [0, 0.1) is 45.3 Å². The number of nitrogens with one attached hydrogen (secondary N) is 4. The van der Waals surface area contributed by atoms with Crippen LogP contribution in [0.1, 0.15) is 126 Å². The number of carbonyl (C=O) groups excluding carboxylic acids is 7. The predicted octanol–water partition coefficient (Wildman–Crippen LogP) is -9.18. The van der Waals surface area contributed by atoms with Crippen LogP contribution in [0.25, 0.3) is 0 Å². The standard InChI is InChI=1S/C45H60N4O14/c1-21-36-24(10-13-30(52)53)41(3,4)28(47-36)18-27-23(9-12-29(50)51)43(6,19-34(60)61)39(46-27)22(2)37-25(11-14-31(54)55)44(7,20-35(62)63)45(8,49-37)40-26(17-33(58)59)42(5,38(21)48-40)16-15-32(56)57/h18,23-26,40,46H,9-17,19-20H2,1-8H3,(H,50,51)(H,52,53)(H,54,55)(H,56,57)(H,58,59)(H,60,61)(H,62,63)/p-4/b27-18-,36-21-,39-22?/t23-,24-,25-,26+,40-,42-,43+,44+,45+/m1/s1. The summed E-state index contributed by atoms with van der Waals surface area (Å²) in [5, 5.41) is 90.3. The highest BCUT2D eigenvalue weighted by Gasteiger charge is 2.73. The predicted molar refractivity (Wildman–Crippen MR) is 205 cm³/mol. The van der Waals surface area contributed by atoms with Crippen molar-refractivity contribution in [3.05, 3.63) is 34.3 Å². The van der Waals surface area contributed by atoms with E-state index in [4.69, 9.17) is 0 Å². The van der Waals surface area contributed by atoms with Crippen molar-refractivity contribution in [1.29, 1.82) is 0 Å². The van der Waals surface area contributed by atoms with Gasteiger partial charge in [0.05, 0.1) is 33.7 Å². The van der Waals surface area contributed by atoms with Crippen LogP contribution in [-0.2, 0) is 33.6 Å². The van der Waals surface area contributed by atoms with Crippen molar-refractivity contribution in [3.63, 3.8) is 0 Å². The molecule has 0 unspecified atom stereocenters. The third-order valence-electron chi connectivity index (χ3n) is 15.6. The van der Waals surface area contributed by atoms with Crippen molar-refractivity contribution in [2.75, 3.05) is 0 Å². The lowest BCUT2D eigenvalue weighted by molar-refractivity contribution is -0.648. The summed E-state index contributed by atoms with van der Waals surface area (Å²) in [7, 11) is 0. The van der Waals surface area contributed by atoms with Crippen LogP contribution in [-0.4, -0.2) is 70.5 Å². The minimum absolute atomic E-state index is 0.0339. The van der Waals surface area contributed by atoms with Crippen LogP contribution in [0.4, 0.5) is 0 Å². The van der Waals surface area contributed by atoms with E-state index in [-0.39, 0.29) is 37.8 Å². The van der Waals surface area contributed by atoms with Gasteiger partial charge in [0.15, 0.2) is 22.8 Å². The van der Waals surface area contributed by atoms with Crippen LogP contribution in [0.3, 0.4) is 0 Å². The Balaban J connectivity index is 2.03. The smallest absolute Gasteiger partial charge is 0.225 e. The van der Waals surface area contributed by atoms with Gasteiger partial charge in [0, 0.05) is 95.4 Å². The highest BCUT2D eigenvalue weighted by atomic mass is 16.4. The van der Waals surface area contributed by atoms with Gasteiger partial charge in [0.25, 0.3) is 0 Å². The van der Waals surface area contributed by atoms with Crippen molar-refractivity contribution in [2.24, 2.45) is 45.3 Å². The van der Waals surface area contributed by atoms with Gasteiger partial charge in [-0.25, -0.2) is 15.0 Å². The van der Waals surface area contributed by atoms with Gasteiger partial charge in [0.1, 0.15) is 0 Å². The van der Waals surface area contributed by atoms with Gasteiger partial charge in [-0.1, -0.05) is 13.8 Å². The number of carboxylic acids is 7. The molecule has 0 radical (unpaired) electrons. The molecule has 0 aromatic heterocycles. The lowest BCUT2D eigenvalue weighted by atomic mass is 9.55. The van der Waals surface area contributed by atoms with Crippen molar-refractivity contribution in [1.82, 2.24) is 5.32 Å². The van der Waals surface area contributed by atoms with E-state index in [1.54, 1.807) is 47.6 Å². The van der Waals surface area contributed by atoms with E-state index in [2.05, 4.69) is 20.3 Å². The van der Waals surface area contributed by atoms with Gasteiger partial charge in [-0.05, 0) is 98.8 Å². The Hall–Kier alpha value is -5.68. The lowest BCUT2D eigenvalue weighted by Crippen LogP contribution is -2.99. The molecule has 8 bridgehead atoms. The van der Waals surface area contributed by atoms with Crippen LogP contribution in [0.15, 0.2) is 34.3 Å².